The van der Waals surface area contributed by atoms with Gasteiger partial charge in [-0.3, -0.25) is 14.4 Å². The van der Waals surface area contributed by atoms with Crippen LogP contribution < -0.4 is 5.32 Å². The number of aryl methyl sites for hydroxylation is 1. The molecule has 0 fully saturated rings. The highest BCUT2D eigenvalue weighted by atomic mass is 16.5. The lowest BCUT2D eigenvalue weighted by atomic mass is 9.95. The number of hydrogen-bond donors (Lipinski definition) is 1. The van der Waals surface area contributed by atoms with E-state index in [4.69, 9.17) is 4.74 Å². The fraction of sp³-hybridized carbons (Fsp3) is 0.318. The van der Waals surface area contributed by atoms with E-state index in [0.717, 1.165) is 11.1 Å². The molecule has 2 aromatic carbocycles. The van der Waals surface area contributed by atoms with Gasteiger partial charge in [0.05, 0.1) is 6.42 Å². The third kappa shape index (κ3) is 6.37. The van der Waals surface area contributed by atoms with Crippen molar-refractivity contribution in [3.05, 3.63) is 65.2 Å². The molecule has 5 heteroatoms. The van der Waals surface area contributed by atoms with Gasteiger partial charge in [-0.2, -0.15) is 0 Å². The number of ketones is 1. The Kier molecular flexibility index (Phi) is 6.50. The van der Waals surface area contributed by atoms with Crippen LogP contribution in [0.3, 0.4) is 0 Å². The molecule has 0 radical (unpaired) electrons. The van der Waals surface area contributed by atoms with Gasteiger partial charge < -0.3 is 10.1 Å². The van der Waals surface area contributed by atoms with Crippen LogP contribution in [0.1, 0.15) is 42.3 Å². The van der Waals surface area contributed by atoms with Crippen molar-refractivity contribution in [2.45, 2.75) is 34.1 Å². The van der Waals surface area contributed by atoms with Crippen LogP contribution >= 0.6 is 0 Å². The third-order valence-electron chi connectivity index (χ3n) is 3.98. The second kappa shape index (κ2) is 8.62. The van der Waals surface area contributed by atoms with Crippen LogP contribution in [0.25, 0.3) is 0 Å². The SMILES string of the molecule is Cc1ccc(CC(=O)OCC(=O)c2ccc(NC(=O)C(C)(C)C)cc2)cc1. The number of Topliss-reactive ketones (excluding diaryl/α,β-unsaturated/α-hetero) is 1. The molecule has 0 spiro atoms. The largest absolute Gasteiger partial charge is 0.457 e. The second-order valence-corrected chi connectivity index (χ2v) is 7.53. The average Bonchev–Trinajstić information content (AvgIpc) is 2.61. The fourth-order valence-electron chi connectivity index (χ4n) is 2.21. The van der Waals surface area contributed by atoms with Gasteiger partial charge in [0.2, 0.25) is 5.91 Å². The van der Waals surface area contributed by atoms with Gasteiger partial charge in [-0.1, -0.05) is 50.6 Å². The number of rotatable bonds is 6. The minimum absolute atomic E-state index is 0.105. The summed E-state index contributed by atoms with van der Waals surface area (Å²) in [4.78, 5) is 36.0. The summed E-state index contributed by atoms with van der Waals surface area (Å²) in [6, 6.07) is 14.1. The van der Waals surface area contributed by atoms with E-state index >= 15 is 0 Å². The average molecular weight is 367 g/mol. The zero-order valence-electron chi connectivity index (χ0n) is 16.2. The first-order valence-electron chi connectivity index (χ1n) is 8.81. The predicted molar refractivity (Wildman–Crippen MR) is 105 cm³/mol. The molecule has 0 aromatic heterocycles. The Hall–Kier alpha value is -2.95. The topological polar surface area (TPSA) is 72.5 Å². The second-order valence-electron chi connectivity index (χ2n) is 7.53. The standard InChI is InChI=1S/C22H25NO4/c1-15-5-7-16(8-6-15)13-20(25)27-14-19(24)17-9-11-18(12-10-17)23-21(26)22(2,3)4/h5-12H,13-14H2,1-4H3,(H,23,26). The van der Waals surface area contributed by atoms with Crippen molar-refractivity contribution in [1.29, 1.82) is 0 Å². The zero-order valence-corrected chi connectivity index (χ0v) is 16.2. The molecular formula is C22H25NO4. The van der Waals surface area contributed by atoms with Gasteiger partial charge in [-0.15, -0.1) is 0 Å². The lowest BCUT2D eigenvalue weighted by Gasteiger charge is -2.17. The number of benzene rings is 2. The summed E-state index contributed by atoms with van der Waals surface area (Å²) in [6.45, 7) is 7.14. The zero-order chi connectivity index (χ0) is 20.0. The predicted octanol–water partition coefficient (Wildman–Crippen LogP) is 3.95. The summed E-state index contributed by atoms with van der Waals surface area (Å²) in [7, 11) is 0. The van der Waals surface area contributed by atoms with Gasteiger partial charge in [-0.25, -0.2) is 0 Å². The van der Waals surface area contributed by atoms with E-state index in [1.54, 1.807) is 24.3 Å². The molecule has 5 nitrogen and oxygen atoms in total. The number of carbonyl (C=O) groups excluding carboxylic acids is 3. The summed E-state index contributed by atoms with van der Waals surface area (Å²) in [5.41, 5.74) is 2.50. The van der Waals surface area contributed by atoms with Crippen LogP contribution in [-0.4, -0.2) is 24.3 Å². The van der Waals surface area contributed by atoms with Gasteiger partial charge in [0, 0.05) is 16.7 Å². The monoisotopic (exact) mass is 367 g/mol. The van der Waals surface area contributed by atoms with Crippen molar-refractivity contribution in [2.75, 3.05) is 11.9 Å². The molecule has 0 bridgehead atoms. The van der Waals surface area contributed by atoms with E-state index in [9.17, 15) is 14.4 Å². The van der Waals surface area contributed by atoms with E-state index in [1.807, 2.05) is 52.0 Å². The number of carbonyl (C=O) groups is 3. The van der Waals surface area contributed by atoms with E-state index in [1.165, 1.54) is 0 Å². The Morgan fingerprint density at radius 3 is 2.07 bits per heavy atom. The highest BCUT2D eigenvalue weighted by Crippen LogP contribution is 2.18. The summed E-state index contributed by atoms with van der Waals surface area (Å²) in [6.07, 6.45) is 0.130. The van der Waals surface area contributed by atoms with Crippen molar-refractivity contribution in [2.24, 2.45) is 5.41 Å². The van der Waals surface area contributed by atoms with Crippen molar-refractivity contribution in [1.82, 2.24) is 0 Å². The van der Waals surface area contributed by atoms with Crippen LogP contribution in [0.2, 0.25) is 0 Å². The maximum Gasteiger partial charge on any atom is 0.310 e. The molecule has 0 unspecified atom stereocenters. The maximum atomic E-state index is 12.2. The van der Waals surface area contributed by atoms with Crippen molar-refractivity contribution in [3.8, 4) is 0 Å². The number of ether oxygens (including phenoxy) is 1. The van der Waals surface area contributed by atoms with E-state index in [2.05, 4.69) is 5.32 Å². The van der Waals surface area contributed by atoms with Gasteiger partial charge in [-0.05, 0) is 36.8 Å². The van der Waals surface area contributed by atoms with Gasteiger partial charge in [0.15, 0.2) is 12.4 Å². The van der Waals surface area contributed by atoms with Crippen LogP contribution in [0.4, 0.5) is 5.69 Å². The van der Waals surface area contributed by atoms with Gasteiger partial charge >= 0.3 is 5.97 Å². The number of anilines is 1. The Bertz CT molecular complexity index is 815. The van der Waals surface area contributed by atoms with Crippen LogP contribution in [0.5, 0.6) is 0 Å². The molecule has 142 valence electrons. The Labute approximate surface area is 159 Å². The first-order valence-corrected chi connectivity index (χ1v) is 8.81. The molecule has 27 heavy (non-hydrogen) atoms. The molecule has 0 aliphatic heterocycles. The number of esters is 1. The number of nitrogens with one attached hydrogen (secondary N) is 1. The Morgan fingerprint density at radius 1 is 0.926 bits per heavy atom. The van der Waals surface area contributed by atoms with E-state index < -0.39 is 11.4 Å². The first-order chi connectivity index (χ1) is 12.6. The highest BCUT2D eigenvalue weighted by Gasteiger charge is 2.21. The van der Waals surface area contributed by atoms with Crippen molar-refractivity contribution in [3.63, 3.8) is 0 Å². The highest BCUT2D eigenvalue weighted by molar-refractivity contribution is 5.99. The molecule has 0 saturated heterocycles. The molecule has 2 aromatic rings. The van der Waals surface area contributed by atoms with Gasteiger partial charge in [0.25, 0.3) is 0 Å². The lowest BCUT2D eigenvalue weighted by Crippen LogP contribution is -2.27. The molecular weight excluding hydrogens is 342 g/mol. The summed E-state index contributed by atoms with van der Waals surface area (Å²) in [5, 5.41) is 2.79. The maximum absolute atomic E-state index is 12.2. The van der Waals surface area contributed by atoms with E-state index in [-0.39, 0.29) is 24.7 Å². The summed E-state index contributed by atoms with van der Waals surface area (Å²) < 4.78 is 5.07. The van der Waals surface area contributed by atoms with Crippen molar-refractivity contribution < 1.29 is 19.1 Å². The molecule has 0 aliphatic carbocycles. The minimum atomic E-state index is -0.500. The third-order valence-corrected chi connectivity index (χ3v) is 3.98. The van der Waals surface area contributed by atoms with Crippen LogP contribution in [-0.2, 0) is 20.7 Å². The quantitative estimate of drug-likeness (QED) is 0.620. The normalized spacial score (nSPS) is 11.0. The Balaban J connectivity index is 1.85. The lowest BCUT2D eigenvalue weighted by molar-refractivity contribution is -0.141. The number of amides is 1. The smallest absolute Gasteiger partial charge is 0.310 e. The molecule has 0 atom stereocenters. The molecule has 0 saturated carbocycles. The fourth-order valence-corrected chi connectivity index (χ4v) is 2.21. The molecule has 1 amide bonds. The number of hydrogen-bond acceptors (Lipinski definition) is 4. The van der Waals surface area contributed by atoms with Crippen LogP contribution in [0, 0.1) is 12.3 Å². The molecule has 0 heterocycles. The van der Waals surface area contributed by atoms with Crippen LogP contribution in [0.15, 0.2) is 48.5 Å². The first kappa shape index (κ1) is 20.4. The molecule has 2 rings (SSSR count). The summed E-state index contributed by atoms with van der Waals surface area (Å²) >= 11 is 0. The molecule has 1 N–H and O–H groups in total. The Morgan fingerprint density at radius 2 is 1.52 bits per heavy atom. The molecule has 0 aliphatic rings. The minimum Gasteiger partial charge on any atom is -0.457 e. The van der Waals surface area contributed by atoms with E-state index in [0.29, 0.717) is 11.3 Å². The van der Waals surface area contributed by atoms with Crippen molar-refractivity contribution >= 4 is 23.3 Å². The van der Waals surface area contributed by atoms with Gasteiger partial charge in [0.1, 0.15) is 0 Å². The summed E-state index contributed by atoms with van der Waals surface area (Å²) in [5.74, 6) is -0.839.